The summed E-state index contributed by atoms with van der Waals surface area (Å²) in [4.78, 5) is 11.1. The Kier molecular flexibility index (Phi) is 3.91. The van der Waals surface area contributed by atoms with Gasteiger partial charge in [-0.05, 0) is 19.1 Å². The number of alkyl halides is 5. The first kappa shape index (κ1) is 14.1. The fraction of sp³-hybridized carbons (Fsp3) is 0.300. The summed E-state index contributed by atoms with van der Waals surface area (Å²) in [6.45, 7) is 0.942. The largest absolute Gasteiger partial charge is 0.417 e. The van der Waals surface area contributed by atoms with E-state index in [2.05, 4.69) is 15.9 Å². The van der Waals surface area contributed by atoms with Crippen molar-refractivity contribution >= 4 is 21.7 Å². The molecule has 0 atom stereocenters. The Morgan fingerprint density at radius 2 is 1.82 bits per heavy atom. The van der Waals surface area contributed by atoms with Gasteiger partial charge in [0, 0.05) is 15.6 Å². The van der Waals surface area contributed by atoms with Gasteiger partial charge in [0.15, 0.2) is 5.78 Å². The Morgan fingerprint density at radius 3 is 2.18 bits per heavy atom. The molecule has 17 heavy (non-hydrogen) atoms. The SMILES string of the molecule is CC(=O)c1c(Br)cc(C(F)F)cc1C(F)(F)F. The van der Waals surface area contributed by atoms with Crippen LogP contribution in [0, 0.1) is 0 Å². The molecule has 1 rings (SSSR count). The predicted octanol–water partition coefficient (Wildman–Crippen LogP) is 4.61. The standard InChI is InChI=1S/C10H6BrF5O/c1-4(17)8-6(10(14,15)16)2-5(9(12)13)3-7(8)11/h2-3,9H,1H3. The summed E-state index contributed by atoms with van der Waals surface area (Å²) in [6.07, 6.45) is -7.89. The van der Waals surface area contributed by atoms with E-state index in [1.165, 1.54) is 0 Å². The fourth-order valence-corrected chi connectivity index (χ4v) is 2.09. The lowest BCUT2D eigenvalue weighted by molar-refractivity contribution is -0.138. The Morgan fingerprint density at radius 1 is 1.29 bits per heavy atom. The third-order valence-corrected chi connectivity index (χ3v) is 2.65. The molecule has 0 saturated carbocycles. The highest BCUT2D eigenvalue weighted by molar-refractivity contribution is 9.10. The Labute approximate surface area is 102 Å². The summed E-state index contributed by atoms with van der Waals surface area (Å²) in [5.74, 6) is -0.843. The smallest absolute Gasteiger partial charge is 0.294 e. The zero-order valence-electron chi connectivity index (χ0n) is 8.41. The maximum Gasteiger partial charge on any atom is 0.417 e. The molecule has 0 bridgehead atoms. The lowest BCUT2D eigenvalue weighted by atomic mass is 10.0. The Bertz CT molecular complexity index is 453. The van der Waals surface area contributed by atoms with E-state index >= 15 is 0 Å². The lowest BCUT2D eigenvalue weighted by Crippen LogP contribution is -2.13. The molecule has 0 aliphatic heterocycles. The third kappa shape index (κ3) is 3.02. The van der Waals surface area contributed by atoms with Gasteiger partial charge < -0.3 is 0 Å². The van der Waals surface area contributed by atoms with Crippen LogP contribution in [0.4, 0.5) is 22.0 Å². The summed E-state index contributed by atoms with van der Waals surface area (Å²) >= 11 is 2.71. The van der Waals surface area contributed by atoms with Crippen molar-refractivity contribution in [3.8, 4) is 0 Å². The average Bonchev–Trinajstić information content (AvgIpc) is 2.14. The number of rotatable bonds is 2. The molecule has 0 radical (unpaired) electrons. The van der Waals surface area contributed by atoms with Crippen LogP contribution in [0.25, 0.3) is 0 Å². The third-order valence-electron chi connectivity index (χ3n) is 2.02. The van der Waals surface area contributed by atoms with Crippen molar-refractivity contribution < 1.29 is 26.7 Å². The molecule has 0 aliphatic carbocycles. The zero-order valence-corrected chi connectivity index (χ0v) is 9.99. The van der Waals surface area contributed by atoms with Gasteiger partial charge in [0.2, 0.25) is 0 Å². The van der Waals surface area contributed by atoms with E-state index in [4.69, 9.17) is 0 Å². The van der Waals surface area contributed by atoms with Crippen molar-refractivity contribution in [3.05, 3.63) is 33.3 Å². The van der Waals surface area contributed by atoms with Crippen molar-refractivity contribution in [2.75, 3.05) is 0 Å². The van der Waals surface area contributed by atoms with Crippen LogP contribution in [0.15, 0.2) is 16.6 Å². The molecule has 0 spiro atoms. The molecule has 0 fully saturated rings. The number of halogens is 6. The molecule has 0 amide bonds. The first-order valence-electron chi connectivity index (χ1n) is 4.34. The van der Waals surface area contributed by atoms with Crippen LogP contribution < -0.4 is 0 Å². The first-order chi connectivity index (χ1) is 7.64. The normalized spacial score (nSPS) is 12.0. The number of hydrogen-bond acceptors (Lipinski definition) is 1. The number of ketones is 1. The number of benzene rings is 1. The van der Waals surface area contributed by atoms with E-state index in [0.29, 0.717) is 6.07 Å². The number of carbonyl (C=O) groups is 1. The molecule has 1 nitrogen and oxygen atoms in total. The second-order valence-corrected chi connectivity index (χ2v) is 4.13. The quantitative estimate of drug-likeness (QED) is 0.575. The molecule has 7 heteroatoms. The summed E-state index contributed by atoms with van der Waals surface area (Å²) in [5, 5.41) is 0. The van der Waals surface area contributed by atoms with Gasteiger partial charge >= 0.3 is 6.18 Å². The van der Waals surface area contributed by atoms with Gasteiger partial charge in [0.25, 0.3) is 6.43 Å². The second-order valence-electron chi connectivity index (χ2n) is 3.28. The van der Waals surface area contributed by atoms with E-state index in [1.54, 1.807) is 0 Å². The zero-order chi connectivity index (χ0) is 13.4. The minimum Gasteiger partial charge on any atom is -0.294 e. The highest BCUT2D eigenvalue weighted by Gasteiger charge is 2.36. The van der Waals surface area contributed by atoms with Gasteiger partial charge in [-0.15, -0.1) is 0 Å². The minimum absolute atomic E-state index is 0.282. The van der Waals surface area contributed by atoms with E-state index in [-0.39, 0.29) is 4.47 Å². The van der Waals surface area contributed by atoms with Gasteiger partial charge in [-0.1, -0.05) is 15.9 Å². The van der Waals surface area contributed by atoms with Crippen LogP contribution in [-0.2, 0) is 6.18 Å². The van der Waals surface area contributed by atoms with Gasteiger partial charge in [0.1, 0.15) is 0 Å². The van der Waals surface area contributed by atoms with Crippen molar-refractivity contribution in [2.24, 2.45) is 0 Å². The second kappa shape index (κ2) is 4.72. The van der Waals surface area contributed by atoms with Gasteiger partial charge in [0.05, 0.1) is 5.56 Å². The first-order valence-corrected chi connectivity index (χ1v) is 5.13. The lowest BCUT2D eigenvalue weighted by Gasteiger charge is -2.14. The highest BCUT2D eigenvalue weighted by Crippen LogP contribution is 2.38. The van der Waals surface area contributed by atoms with E-state index in [1.807, 2.05) is 0 Å². The topological polar surface area (TPSA) is 17.1 Å². The molecule has 0 N–H and O–H groups in total. The van der Waals surface area contributed by atoms with Crippen LogP contribution in [0.5, 0.6) is 0 Å². The molecule has 0 heterocycles. The Hall–Kier alpha value is -0.980. The predicted molar refractivity (Wildman–Crippen MR) is 54.1 cm³/mol. The van der Waals surface area contributed by atoms with Crippen LogP contribution in [-0.4, -0.2) is 5.78 Å². The van der Waals surface area contributed by atoms with Gasteiger partial charge in [-0.2, -0.15) is 13.2 Å². The number of hydrogen-bond donors (Lipinski definition) is 0. The summed E-state index contributed by atoms with van der Waals surface area (Å²) in [7, 11) is 0. The fourth-order valence-electron chi connectivity index (χ4n) is 1.34. The maximum atomic E-state index is 12.6. The van der Waals surface area contributed by atoms with Crippen molar-refractivity contribution in [1.82, 2.24) is 0 Å². The van der Waals surface area contributed by atoms with Crippen molar-refractivity contribution in [3.63, 3.8) is 0 Å². The van der Waals surface area contributed by atoms with Crippen LogP contribution in [0.1, 0.15) is 34.8 Å². The average molecular weight is 317 g/mol. The maximum absolute atomic E-state index is 12.6. The van der Waals surface area contributed by atoms with Crippen LogP contribution >= 0.6 is 15.9 Å². The molecule has 0 unspecified atom stereocenters. The Balaban J connectivity index is 3.57. The van der Waals surface area contributed by atoms with Crippen LogP contribution in [0.2, 0.25) is 0 Å². The van der Waals surface area contributed by atoms with Crippen molar-refractivity contribution in [1.29, 1.82) is 0 Å². The monoisotopic (exact) mass is 316 g/mol. The summed E-state index contributed by atoms with van der Waals surface area (Å²) in [5.41, 5.74) is -2.77. The number of Topliss-reactive ketones (excluding diaryl/α,β-unsaturated/α-hetero) is 1. The molecular weight excluding hydrogens is 311 g/mol. The van der Waals surface area contributed by atoms with E-state index in [0.717, 1.165) is 13.0 Å². The molecular formula is C10H6BrF5O. The summed E-state index contributed by atoms with van der Waals surface area (Å²) in [6, 6.07) is 1.11. The molecule has 0 aliphatic rings. The van der Waals surface area contributed by atoms with E-state index in [9.17, 15) is 26.7 Å². The van der Waals surface area contributed by atoms with E-state index < -0.39 is 35.1 Å². The molecule has 1 aromatic rings. The van der Waals surface area contributed by atoms with Gasteiger partial charge in [-0.3, -0.25) is 4.79 Å². The molecule has 0 saturated heterocycles. The summed E-state index contributed by atoms with van der Waals surface area (Å²) < 4.78 is 62.3. The molecule has 0 aromatic heterocycles. The van der Waals surface area contributed by atoms with Gasteiger partial charge in [-0.25, -0.2) is 8.78 Å². The van der Waals surface area contributed by atoms with Crippen LogP contribution in [0.3, 0.4) is 0 Å². The highest BCUT2D eigenvalue weighted by atomic mass is 79.9. The molecule has 94 valence electrons. The molecule has 1 aromatic carbocycles. The number of carbonyl (C=O) groups excluding carboxylic acids is 1. The van der Waals surface area contributed by atoms with Crippen molar-refractivity contribution in [2.45, 2.75) is 19.5 Å². The minimum atomic E-state index is -4.85.